The maximum Gasteiger partial charge on any atom is 0.416 e. The summed E-state index contributed by atoms with van der Waals surface area (Å²) < 4.78 is 61.8. The third-order valence-corrected chi connectivity index (χ3v) is 3.57. The summed E-state index contributed by atoms with van der Waals surface area (Å²) in [6.45, 7) is -0.104. The Kier molecular flexibility index (Phi) is 4.46. The highest BCUT2D eigenvalue weighted by Crippen LogP contribution is 2.33. The van der Waals surface area contributed by atoms with Gasteiger partial charge in [0.2, 0.25) is 10.0 Å². The van der Waals surface area contributed by atoms with Crippen molar-refractivity contribution in [1.29, 1.82) is 0 Å². The summed E-state index contributed by atoms with van der Waals surface area (Å²) in [5.74, 6) is -0.343. The number of benzene rings is 1. The zero-order valence-electron chi connectivity index (χ0n) is 8.96. The van der Waals surface area contributed by atoms with E-state index in [0.717, 1.165) is 12.1 Å². The number of sulfonamides is 1. The van der Waals surface area contributed by atoms with Gasteiger partial charge in [-0.15, -0.1) is 0 Å². The van der Waals surface area contributed by atoms with Crippen molar-refractivity contribution in [3.05, 3.63) is 28.8 Å². The molecule has 0 unspecified atom stereocenters. The lowest BCUT2D eigenvalue weighted by molar-refractivity contribution is -0.137. The van der Waals surface area contributed by atoms with E-state index in [9.17, 15) is 21.6 Å². The lowest BCUT2D eigenvalue weighted by atomic mass is 10.2. The third-order valence-electron chi connectivity index (χ3n) is 1.95. The smallest absolute Gasteiger partial charge is 0.329 e. The molecule has 102 valence electrons. The minimum atomic E-state index is -4.53. The molecule has 0 heterocycles. The molecule has 0 bridgehead atoms. The summed E-state index contributed by atoms with van der Waals surface area (Å²) in [6, 6.07) is 2.35. The van der Waals surface area contributed by atoms with Crippen molar-refractivity contribution in [3.63, 3.8) is 0 Å². The van der Waals surface area contributed by atoms with Crippen molar-refractivity contribution < 1.29 is 21.6 Å². The average molecular weight is 303 g/mol. The molecule has 0 amide bonds. The topological polar surface area (TPSA) is 72.2 Å². The molecule has 0 aliphatic carbocycles. The SMILES string of the molecule is NCCS(=O)(=O)Nc1ccc(C(F)(F)F)cc1Cl. The first-order valence-corrected chi connectivity index (χ1v) is 6.76. The highest BCUT2D eigenvalue weighted by Gasteiger charge is 2.31. The lowest BCUT2D eigenvalue weighted by Gasteiger charge is -2.11. The fourth-order valence-electron chi connectivity index (χ4n) is 1.15. The number of alkyl halides is 3. The molecule has 4 nitrogen and oxygen atoms in total. The van der Waals surface area contributed by atoms with Crippen LogP contribution in [0, 0.1) is 0 Å². The van der Waals surface area contributed by atoms with Crippen molar-refractivity contribution in [2.24, 2.45) is 5.73 Å². The van der Waals surface area contributed by atoms with Gasteiger partial charge < -0.3 is 5.73 Å². The van der Waals surface area contributed by atoms with Crippen molar-refractivity contribution in [3.8, 4) is 0 Å². The Morgan fingerprint density at radius 3 is 2.39 bits per heavy atom. The van der Waals surface area contributed by atoms with Crippen molar-refractivity contribution in [2.45, 2.75) is 6.18 Å². The summed E-state index contributed by atoms with van der Waals surface area (Å²) in [6.07, 6.45) is -4.53. The normalized spacial score (nSPS) is 12.5. The van der Waals surface area contributed by atoms with Crippen LogP contribution in [0.25, 0.3) is 0 Å². The largest absolute Gasteiger partial charge is 0.416 e. The molecular weight excluding hydrogens is 293 g/mol. The number of hydrogen-bond donors (Lipinski definition) is 2. The number of hydrogen-bond acceptors (Lipinski definition) is 3. The van der Waals surface area contributed by atoms with Gasteiger partial charge in [-0.05, 0) is 18.2 Å². The van der Waals surface area contributed by atoms with Crippen LogP contribution in [0.2, 0.25) is 5.02 Å². The minimum Gasteiger partial charge on any atom is -0.329 e. The second kappa shape index (κ2) is 5.33. The second-order valence-corrected chi connectivity index (χ2v) is 5.65. The molecule has 3 N–H and O–H groups in total. The molecule has 0 saturated heterocycles. The Balaban J connectivity index is 3.01. The maximum atomic E-state index is 12.3. The van der Waals surface area contributed by atoms with E-state index in [1.807, 2.05) is 0 Å². The molecule has 18 heavy (non-hydrogen) atoms. The van der Waals surface area contributed by atoms with Crippen molar-refractivity contribution in [1.82, 2.24) is 0 Å². The van der Waals surface area contributed by atoms with Crippen LogP contribution >= 0.6 is 11.6 Å². The first kappa shape index (κ1) is 15.1. The summed E-state index contributed by atoms with van der Waals surface area (Å²) >= 11 is 5.58. The van der Waals surface area contributed by atoms with Gasteiger partial charge in [0.05, 0.1) is 22.0 Å². The van der Waals surface area contributed by atoms with Crippen LogP contribution in [0.1, 0.15) is 5.56 Å². The van der Waals surface area contributed by atoms with Gasteiger partial charge in [-0.2, -0.15) is 13.2 Å². The first-order chi connectivity index (χ1) is 8.15. The number of nitrogens with one attached hydrogen (secondary N) is 1. The minimum absolute atomic E-state index is 0.104. The van der Waals surface area contributed by atoms with Crippen LogP contribution in [-0.4, -0.2) is 20.7 Å². The quantitative estimate of drug-likeness (QED) is 0.894. The molecule has 9 heteroatoms. The van der Waals surface area contributed by atoms with E-state index in [-0.39, 0.29) is 23.0 Å². The van der Waals surface area contributed by atoms with Gasteiger partial charge in [0.15, 0.2) is 0 Å². The number of halogens is 4. The zero-order valence-corrected chi connectivity index (χ0v) is 10.5. The van der Waals surface area contributed by atoms with E-state index in [2.05, 4.69) is 4.72 Å². The van der Waals surface area contributed by atoms with E-state index < -0.39 is 21.8 Å². The highest BCUT2D eigenvalue weighted by atomic mass is 35.5. The molecule has 0 aliphatic rings. The van der Waals surface area contributed by atoms with Crippen LogP contribution in [0.15, 0.2) is 18.2 Å². The van der Waals surface area contributed by atoms with Gasteiger partial charge in [-0.25, -0.2) is 8.42 Å². The number of anilines is 1. The predicted molar refractivity (Wildman–Crippen MR) is 62.9 cm³/mol. The molecule has 1 rings (SSSR count). The molecule has 0 atom stereocenters. The number of rotatable bonds is 4. The molecule has 0 aliphatic heterocycles. The van der Waals surface area contributed by atoms with Crippen LogP contribution in [-0.2, 0) is 16.2 Å². The summed E-state index contributed by atoms with van der Waals surface area (Å²) in [5.41, 5.74) is 4.02. The van der Waals surface area contributed by atoms with E-state index in [1.165, 1.54) is 0 Å². The Hall–Kier alpha value is -0.990. The zero-order chi connectivity index (χ0) is 14.0. The fourth-order valence-corrected chi connectivity index (χ4v) is 2.36. The lowest BCUT2D eigenvalue weighted by Crippen LogP contribution is -2.22. The molecule has 1 aromatic rings. The van der Waals surface area contributed by atoms with Crippen LogP contribution in [0.5, 0.6) is 0 Å². The Morgan fingerprint density at radius 1 is 1.33 bits per heavy atom. The Labute approximate surface area is 107 Å². The second-order valence-electron chi connectivity index (χ2n) is 3.40. The Bertz CT molecular complexity index is 531. The van der Waals surface area contributed by atoms with Crippen molar-refractivity contribution in [2.75, 3.05) is 17.0 Å². The highest BCUT2D eigenvalue weighted by molar-refractivity contribution is 7.92. The molecule has 0 radical (unpaired) electrons. The van der Waals surface area contributed by atoms with Crippen LogP contribution in [0.3, 0.4) is 0 Å². The van der Waals surface area contributed by atoms with Crippen molar-refractivity contribution >= 4 is 27.3 Å². The third kappa shape index (κ3) is 4.04. The van der Waals surface area contributed by atoms with Crippen LogP contribution in [0.4, 0.5) is 18.9 Å². The standard InChI is InChI=1S/C9H10ClF3N2O2S/c10-7-5-6(9(11,12)13)1-2-8(7)15-18(16,17)4-3-14/h1-2,5,15H,3-4,14H2. The summed E-state index contributed by atoms with van der Waals surface area (Å²) in [4.78, 5) is 0. The van der Waals surface area contributed by atoms with E-state index in [1.54, 1.807) is 0 Å². The molecule has 1 aromatic carbocycles. The van der Waals surface area contributed by atoms with Gasteiger partial charge in [0.25, 0.3) is 0 Å². The molecular formula is C9H10ClF3N2O2S. The monoisotopic (exact) mass is 302 g/mol. The maximum absolute atomic E-state index is 12.3. The summed E-state index contributed by atoms with van der Waals surface area (Å²) in [7, 11) is -3.70. The van der Waals surface area contributed by atoms with Gasteiger partial charge in [0.1, 0.15) is 0 Å². The van der Waals surface area contributed by atoms with Gasteiger partial charge in [-0.3, -0.25) is 4.72 Å². The first-order valence-electron chi connectivity index (χ1n) is 4.73. The predicted octanol–water partition coefficient (Wildman–Crippen LogP) is 2.06. The van der Waals surface area contributed by atoms with E-state index >= 15 is 0 Å². The average Bonchev–Trinajstić information content (AvgIpc) is 2.19. The summed E-state index contributed by atoms with van der Waals surface area (Å²) in [5, 5.41) is -0.328. The van der Waals surface area contributed by atoms with Gasteiger partial charge >= 0.3 is 6.18 Å². The molecule has 0 fully saturated rings. The fraction of sp³-hybridized carbons (Fsp3) is 0.333. The van der Waals surface area contributed by atoms with Gasteiger partial charge in [-0.1, -0.05) is 11.6 Å². The Morgan fingerprint density at radius 2 is 1.94 bits per heavy atom. The molecule has 0 aromatic heterocycles. The van der Waals surface area contributed by atoms with Crippen LogP contribution < -0.4 is 10.5 Å². The molecule has 0 spiro atoms. The number of nitrogens with two attached hydrogens (primary N) is 1. The van der Waals surface area contributed by atoms with Gasteiger partial charge in [0, 0.05) is 6.54 Å². The molecule has 0 saturated carbocycles. The van der Waals surface area contributed by atoms with E-state index in [0.29, 0.717) is 6.07 Å². The van der Waals surface area contributed by atoms with E-state index in [4.69, 9.17) is 17.3 Å².